The van der Waals surface area contributed by atoms with Crippen molar-refractivity contribution in [3.05, 3.63) is 17.0 Å². The summed E-state index contributed by atoms with van der Waals surface area (Å²) >= 11 is 4.02. The quantitative estimate of drug-likeness (QED) is 0.466. The second-order valence-corrected chi connectivity index (χ2v) is 4.31. The average molecular weight is 340 g/mol. The van der Waals surface area contributed by atoms with Crippen LogP contribution < -0.4 is 0 Å². The molecule has 0 N–H and O–H groups in total. The molecule has 0 saturated heterocycles. The van der Waals surface area contributed by atoms with E-state index in [0.29, 0.717) is 0 Å². The minimum absolute atomic E-state index is 0.267. The van der Waals surface area contributed by atoms with Gasteiger partial charge in [0.25, 0.3) is 0 Å². The first-order valence-electron chi connectivity index (χ1n) is 5.34. The average Bonchev–Trinajstić information content (AvgIpc) is 2.70. The van der Waals surface area contributed by atoms with E-state index in [9.17, 15) is 31.1 Å². The maximum absolute atomic E-state index is 13.6. The van der Waals surface area contributed by atoms with Crippen molar-refractivity contribution in [2.75, 3.05) is 6.61 Å². The number of rotatable bonds is 5. The lowest BCUT2D eigenvalue weighted by Crippen LogP contribution is -2.49. The van der Waals surface area contributed by atoms with Gasteiger partial charge in [-0.1, -0.05) is 5.16 Å². The summed E-state index contributed by atoms with van der Waals surface area (Å²) in [5, 5.41) is -2.68. The molecule has 0 fully saturated rings. The van der Waals surface area contributed by atoms with Gasteiger partial charge in [0.05, 0.1) is 12.3 Å². The van der Waals surface area contributed by atoms with E-state index >= 15 is 0 Å². The summed E-state index contributed by atoms with van der Waals surface area (Å²) in [6, 6.07) is 0. The van der Waals surface area contributed by atoms with E-state index in [2.05, 4.69) is 26.0 Å². The molecule has 0 aliphatic rings. The van der Waals surface area contributed by atoms with Gasteiger partial charge in [0.1, 0.15) is 5.56 Å². The smallest absolute Gasteiger partial charge is 0.394 e. The summed E-state index contributed by atoms with van der Waals surface area (Å²) < 4.78 is 87.0. The number of halogens is 7. The Balaban J connectivity index is 3.43. The lowest BCUT2D eigenvalue weighted by atomic mass is 10.0. The Morgan fingerprint density at radius 2 is 1.81 bits per heavy atom. The van der Waals surface area contributed by atoms with E-state index < -0.39 is 40.2 Å². The number of aromatic nitrogens is 1. The van der Waals surface area contributed by atoms with Crippen LogP contribution in [0.1, 0.15) is 28.7 Å². The summed E-state index contributed by atoms with van der Waals surface area (Å²) in [5.74, 6) is -15.1. The molecule has 21 heavy (non-hydrogen) atoms. The Kier molecular flexibility index (Phi) is 4.52. The molecule has 11 heteroatoms. The third kappa shape index (κ3) is 2.81. The topological polar surface area (TPSA) is 52.3 Å². The molecule has 1 rings (SSSR count). The number of esters is 1. The summed E-state index contributed by atoms with van der Waals surface area (Å²) in [4.78, 5) is 11.4. The van der Waals surface area contributed by atoms with Crippen LogP contribution in [-0.4, -0.2) is 29.0 Å². The lowest BCUT2D eigenvalue weighted by Gasteiger charge is -2.27. The molecule has 0 aliphatic heterocycles. The highest BCUT2D eigenvalue weighted by Crippen LogP contribution is 2.53. The van der Waals surface area contributed by atoms with Crippen molar-refractivity contribution in [2.45, 2.75) is 31.1 Å². The standard InChI is InChI=1S/C10H8ClF6NO3/c1-3-20-7(19)5-4(2)18-21-6(5)8(12,13)9(14,15)10(11,16)17/h3H2,1-2H3. The normalized spacial score (nSPS) is 13.4. The van der Waals surface area contributed by atoms with Crippen LogP contribution in [-0.2, 0) is 10.7 Å². The Labute approximate surface area is 119 Å². The third-order valence-electron chi connectivity index (χ3n) is 2.38. The molecule has 0 unspecified atom stereocenters. The van der Waals surface area contributed by atoms with Gasteiger partial charge in [-0.3, -0.25) is 0 Å². The number of carbonyl (C=O) groups excluding carboxylic acids is 1. The molecule has 1 aromatic rings. The SMILES string of the molecule is CCOC(=O)c1c(C)noc1C(F)(F)C(F)(F)C(F)(F)Cl. The molecule has 1 heterocycles. The largest absolute Gasteiger partial charge is 0.462 e. The number of hydrogen-bond donors (Lipinski definition) is 0. The zero-order valence-corrected chi connectivity index (χ0v) is 11.3. The number of ether oxygens (including phenoxy) is 1. The predicted octanol–water partition coefficient (Wildman–Crippen LogP) is 3.72. The highest BCUT2D eigenvalue weighted by atomic mass is 35.5. The Morgan fingerprint density at radius 3 is 2.24 bits per heavy atom. The predicted molar refractivity (Wildman–Crippen MR) is 56.8 cm³/mol. The molecule has 0 radical (unpaired) electrons. The van der Waals surface area contributed by atoms with Crippen molar-refractivity contribution in [1.29, 1.82) is 0 Å². The van der Waals surface area contributed by atoms with Crippen LogP contribution in [0.3, 0.4) is 0 Å². The van der Waals surface area contributed by atoms with Crippen molar-refractivity contribution in [1.82, 2.24) is 5.16 Å². The molecular formula is C10H8ClF6NO3. The van der Waals surface area contributed by atoms with Gasteiger partial charge < -0.3 is 9.26 Å². The zero-order valence-electron chi connectivity index (χ0n) is 10.5. The van der Waals surface area contributed by atoms with Crippen LogP contribution in [0.5, 0.6) is 0 Å². The fourth-order valence-electron chi connectivity index (χ4n) is 1.35. The van der Waals surface area contributed by atoms with Crippen molar-refractivity contribution in [3.63, 3.8) is 0 Å². The first-order chi connectivity index (χ1) is 9.38. The monoisotopic (exact) mass is 339 g/mol. The molecule has 0 aliphatic carbocycles. The van der Waals surface area contributed by atoms with Crippen LogP contribution in [0.2, 0.25) is 0 Å². The molecular weight excluding hydrogens is 332 g/mol. The second-order valence-electron chi connectivity index (χ2n) is 3.84. The first-order valence-corrected chi connectivity index (χ1v) is 5.72. The molecule has 4 nitrogen and oxygen atoms in total. The van der Waals surface area contributed by atoms with Crippen LogP contribution >= 0.6 is 11.6 Å². The Morgan fingerprint density at radius 1 is 1.29 bits per heavy atom. The van der Waals surface area contributed by atoms with E-state index in [0.717, 1.165) is 6.92 Å². The zero-order chi connectivity index (χ0) is 16.6. The molecule has 0 aromatic carbocycles. The minimum atomic E-state index is -6.02. The molecule has 1 aromatic heterocycles. The maximum atomic E-state index is 13.6. The van der Waals surface area contributed by atoms with Crippen LogP contribution in [0, 0.1) is 6.92 Å². The van der Waals surface area contributed by atoms with Crippen LogP contribution in [0.4, 0.5) is 26.3 Å². The van der Waals surface area contributed by atoms with Crippen molar-refractivity contribution in [2.24, 2.45) is 0 Å². The molecule has 0 atom stereocenters. The first kappa shape index (κ1) is 17.6. The molecule has 120 valence electrons. The van der Waals surface area contributed by atoms with E-state index in [1.54, 1.807) is 0 Å². The van der Waals surface area contributed by atoms with Crippen molar-refractivity contribution in [3.8, 4) is 0 Å². The van der Waals surface area contributed by atoms with Gasteiger partial charge in [-0.2, -0.15) is 26.3 Å². The van der Waals surface area contributed by atoms with Crippen molar-refractivity contribution >= 4 is 17.6 Å². The summed E-state index contributed by atoms with van der Waals surface area (Å²) in [6.07, 6.45) is 0. The van der Waals surface area contributed by atoms with E-state index in [1.807, 2.05) is 0 Å². The number of alkyl halides is 7. The van der Waals surface area contributed by atoms with Gasteiger partial charge in [-0.15, -0.1) is 0 Å². The van der Waals surface area contributed by atoms with Crippen LogP contribution in [0.15, 0.2) is 4.52 Å². The summed E-state index contributed by atoms with van der Waals surface area (Å²) in [7, 11) is 0. The van der Waals surface area contributed by atoms with Gasteiger partial charge in [-0.05, 0) is 25.4 Å². The van der Waals surface area contributed by atoms with Gasteiger partial charge in [0.2, 0.25) is 5.76 Å². The maximum Gasteiger partial charge on any atom is 0.394 e. The highest BCUT2D eigenvalue weighted by Gasteiger charge is 2.74. The van der Waals surface area contributed by atoms with E-state index in [4.69, 9.17) is 0 Å². The van der Waals surface area contributed by atoms with Crippen molar-refractivity contribution < 1.29 is 40.4 Å². The fourth-order valence-corrected chi connectivity index (χ4v) is 1.47. The Bertz CT molecular complexity index is 539. The molecule has 0 spiro atoms. The Hall–Kier alpha value is -1.45. The van der Waals surface area contributed by atoms with Gasteiger partial charge in [-0.25, -0.2) is 4.79 Å². The molecule has 0 amide bonds. The number of carbonyl (C=O) groups is 1. The van der Waals surface area contributed by atoms with Gasteiger partial charge in [0.15, 0.2) is 0 Å². The highest BCUT2D eigenvalue weighted by molar-refractivity contribution is 6.22. The fraction of sp³-hybridized carbons (Fsp3) is 0.600. The van der Waals surface area contributed by atoms with Crippen LogP contribution in [0.25, 0.3) is 0 Å². The lowest BCUT2D eigenvalue weighted by molar-refractivity contribution is -0.292. The minimum Gasteiger partial charge on any atom is -0.462 e. The third-order valence-corrected chi connectivity index (χ3v) is 2.62. The van der Waals surface area contributed by atoms with Gasteiger partial charge in [0, 0.05) is 0 Å². The number of nitrogens with zero attached hydrogens (tertiary/aromatic N) is 1. The van der Waals surface area contributed by atoms with E-state index in [-0.39, 0.29) is 6.61 Å². The van der Waals surface area contributed by atoms with E-state index in [1.165, 1.54) is 6.92 Å². The van der Waals surface area contributed by atoms with Gasteiger partial charge >= 0.3 is 23.2 Å². The second kappa shape index (κ2) is 5.39. The number of hydrogen-bond acceptors (Lipinski definition) is 4. The summed E-state index contributed by atoms with van der Waals surface area (Å²) in [6.45, 7) is 2.03. The molecule has 0 bridgehead atoms. The number of aryl methyl sites for hydroxylation is 1. The molecule has 0 saturated carbocycles. The summed E-state index contributed by atoms with van der Waals surface area (Å²) in [5.41, 5.74) is -1.67.